The van der Waals surface area contributed by atoms with Gasteiger partial charge in [0, 0.05) is 29.7 Å². The zero-order valence-electron chi connectivity index (χ0n) is 22.0. The second-order valence-corrected chi connectivity index (χ2v) is 10.1. The highest BCUT2D eigenvalue weighted by molar-refractivity contribution is 6.34. The van der Waals surface area contributed by atoms with Gasteiger partial charge in [-0.1, -0.05) is 11.6 Å². The van der Waals surface area contributed by atoms with Gasteiger partial charge in [-0.05, 0) is 53.1 Å². The van der Waals surface area contributed by atoms with Crippen molar-refractivity contribution >= 4 is 28.4 Å². The Morgan fingerprint density at radius 1 is 1.02 bits per heavy atom. The van der Waals surface area contributed by atoms with Crippen molar-refractivity contribution in [2.75, 3.05) is 7.11 Å². The van der Waals surface area contributed by atoms with Crippen LogP contribution in [-0.4, -0.2) is 36.9 Å². The number of hydrogen-bond donors (Lipinski definition) is 1. The molecule has 3 heterocycles. The van der Waals surface area contributed by atoms with Gasteiger partial charge in [0.05, 0.1) is 25.7 Å². The molecular weight excluding hydrogens is 577 g/mol. The number of ether oxygens (including phenoxy) is 1. The van der Waals surface area contributed by atoms with Crippen LogP contribution in [-0.2, 0) is 26.7 Å². The number of rotatable bonds is 6. The number of aryl methyl sites for hydroxylation is 1. The van der Waals surface area contributed by atoms with Crippen LogP contribution in [0, 0.1) is 17.5 Å². The highest BCUT2D eigenvalue weighted by atomic mass is 35.5. The third kappa shape index (κ3) is 4.42. The Morgan fingerprint density at radius 2 is 1.76 bits per heavy atom. The molecule has 0 fully saturated rings. The Bertz CT molecular complexity index is 2050. The molecular formula is C28H20ClF3N6O4. The molecule has 1 aliphatic rings. The van der Waals surface area contributed by atoms with Crippen molar-refractivity contribution < 1.29 is 22.7 Å². The number of carbonyl (C=O) groups is 1. The monoisotopic (exact) mass is 596 g/mol. The topological polar surface area (TPSA) is 113 Å². The lowest BCUT2D eigenvalue weighted by Crippen LogP contribution is -2.41. The van der Waals surface area contributed by atoms with E-state index in [1.807, 2.05) is 0 Å². The van der Waals surface area contributed by atoms with Gasteiger partial charge in [0.1, 0.15) is 17.5 Å². The van der Waals surface area contributed by atoms with Gasteiger partial charge in [-0.2, -0.15) is 5.10 Å². The molecule has 42 heavy (non-hydrogen) atoms. The van der Waals surface area contributed by atoms with E-state index >= 15 is 0 Å². The molecule has 1 N–H and O–H groups in total. The molecule has 0 saturated carbocycles. The van der Waals surface area contributed by atoms with E-state index < -0.39 is 35.2 Å². The molecule has 1 aliphatic heterocycles. The molecule has 10 nitrogen and oxygen atoms in total. The van der Waals surface area contributed by atoms with E-state index in [0.29, 0.717) is 27.3 Å². The minimum absolute atomic E-state index is 0.0160. The number of fused-ring (bicyclic) bond motifs is 2. The smallest absolute Gasteiger partial charge is 0.332 e. The zero-order valence-corrected chi connectivity index (χ0v) is 22.8. The SMILES string of the molecule is COc1cc(-c2c(Cl)ccc3c2CNC3=O)cc2c1c(=O)n(Cc1ncn(C)n1)c(=O)n2Cc1cc(F)c(F)c(F)c1. The number of hydrogen-bond acceptors (Lipinski definition) is 6. The van der Waals surface area contributed by atoms with Gasteiger partial charge in [0.25, 0.3) is 11.5 Å². The molecule has 5 aromatic rings. The predicted octanol–water partition coefficient (Wildman–Crippen LogP) is 3.38. The number of halogens is 4. The Kier molecular flexibility index (Phi) is 6.61. The van der Waals surface area contributed by atoms with Crippen molar-refractivity contribution in [3.05, 3.63) is 109 Å². The molecule has 0 atom stereocenters. The molecule has 0 aliphatic carbocycles. The number of nitrogens with zero attached hydrogens (tertiary/aromatic N) is 5. The van der Waals surface area contributed by atoms with Crippen molar-refractivity contribution in [3.8, 4) is 16.9 Å². The van der Waals surface area contributed by atoms with Gasteiger partial charge in [-0.3, -0.25) is 23.4 Å². The number of methoxy groups -OCH3 is 1. The molecule has 0 spiro atoms. The number of amides is 1. The fourth-order valence-electron chi connectivity index (χ4n) is 5.17. The Balaban J connectivity index is 1.66. The van der Waals surface area contributed by atoms with Crippen molar-refractivity contribution in [2.24, 2.45) is 7.05 Å². The van der Waals surface area contributed by atoms with Crippen LogP contribution in [0.3, 0.4) is 0 Å². The lowest BCUT2D eigenvalue weighted by Gasteiger charge is -2.18. The first kappa shape index (κ1) is 27.3. The second kappa shape index (κ2) is 10.2. The van der Waals surface area contributed by atoms with E-state index in [0.717, 1.165) is 21.3 Å². The maximum atomic E-state index is 14.2. The molecule has 14 heteroatoms. The summed E-state index contributed by atoms with van der Waals surface area (Å²) in [6.07, 6.45) is 1.40. The summed E-state index contributed by atoms with van der Waals surface area (Å²) < 4.78 is 51.0. The molecule has 0 radical (unpaired) electrons. The van der Waals surface area contributed by atoms with Crippen molar-refractivity contribution in [1.82, 2.24) is 29.2 Å². The first-order valence-corrected chi connectivity index (χ1v) is 12.9. The largest absolute Gasteiger partial charge is 0.496 e. The summed E-state index contributed by atoms with van der Waals surface area (Å²) in [5.41, 5.74) is 0.347. The van der Waals surface area contributed by atoms with E-state index in [-0.39, 0.29) is 47.0 Å². The van der Waals surface area contributed by atoms with Crippen LogP contribution < -0.4 is 21.3 Å². The lowest BCUT2D eigenvalue weighted by molar-refractivity contribution is 0.0965. The summed E-state index contributed by atoms with van der Waals surface area (Å²) in [7, 11) is 2.96. The third-order valence-corrected chi connectivity index (χ3v) is 7.38. The summed E-state index contributed by atoms with van der Waals surface area (Å²) in [5.74, 6) is -4.56. The van der Waals surface area contributed by atoms with Gasteiger partial charge in [0.15, 0.2) is 23.3 Å². The van der Waals surface area contributed by atoms with Gasteiger partial charge in [-0.15, -0.1) is 0 Å². The van der Waals surface area contributed by atoms with Gasteiger partial charge < -0.3 is 10.1 Å². The fourth-order valence-corrected chi connectivity index (χ4v) is 5.45. The van der Waals surface area contributed by atoms with E-state index in [1.54, 1.807) is 25.2 Å². The molecule has 0 unspecified atom stereocenters. The predicted molar refractivity (Wildman–Crippen MR) is 146 cm³/mol. The fraction of sp³-hybridized carbons (Fsp3) is 0.179. The molecule has 2 aromatic heterocycles. The van der Waals surface area contributed by atoms with E-state index in [9.17, 15) is 27.6 Å². The van der Waals surface area contributed by atoms with E-state index in [1.165, 1.54) is 24.2 Å². The quantitative estimate of drug-likeness (QED) is 0.301. The van der Waals surface area contributed by atoms with E-state index in [2.05, 4.69) is 15.4 Å². The number of aromatic nitrogens is 5. The summed E-state index contributed by atoms with van der Waals surface area (Å²) in [5, 5.41) is 7.17. The Morgan fingerprint density at radius 3 is 2.43 bits per heavy atom. The van der Waals surface area contributed by atoms with E-state index in [4.69, 9.17) is 16.3 Å². The van der Waals surface area contributed by atoms with Crippen LogP contribution in [0.1, 0.15) is 27.3 Å². The Labute approximate surface area is 239 Å². The highest BCUT2D eigenvalue weighted by Crippen LogP contribution is 2.39. The molecule has 6 rings (SSSR count). The van der Waals surface area contributed by atoms with Crippen molar-refractivity contribution in [1.29, 1.82) is 0 Å². The van der Waals surface area contributed by atoms with Crippen LogP contribution in [0.5, 0.6) is 5.75 Å². The Hall–Kier alpha value is -4.91. The first-order valence-electron chi connectivity index (χ1n) is 12.5. The summed E-state index contributed by atoms with van der Waals surface area (Å²) in [6, 6.07) is 7.78. The van der Waals surface area contributed by atoms with Gasteiger partial charge in [0.2, 0.25) is 0 Å². The van der Waals surface area contributed by atoms with Crippen LogP contribution in [0.25, 0.3) is 22.0 Å². The lowest BCUT2D eigenvalue weighted by atomic mass is 9.95. The van der Waals surface area contributed by atoms with Crippen LogP contribution in [0.4, 0.5) is 13.2 Å². The zero-order chi connectivity index (χ0) is 29.9. The maximum absolute atomic E-state index is 14.2. The first-order chi connectivity index (χ1) is 20.1. The van der Waals surface area contributed by atoms with Gasteiger partial charge >= 0.3 is 5.69 Å². The minimum Gasteiger partial charge on any atom is -0.496 e. The normalized spacial score (nSPS) is 12.6. The van der Waals surface area contributed by atoms with Crippen molar-refractivity contribution in [3.63, 3.8) is 0 Å². The van der Waals surface area contributed by atoms with Gasteiger partial charge in [-0.25, -0.2) is 22.9 Å². The molecule has 0 saturated heterocycles. The average Bonchev–Trinajstić information content (AvgIpc) is 3.55. The molecule has 1 amide bonds. The average molecular weight is 597 g/mol. The van der Waals surface area contributed by atoms with Crippen LogP contribution in [0.15, 0.2) is 52.3 Å². The second-order valence-electron chi connectivity index (χ2n) is 9.67. The third-order valence-electron chi connectivity index (χ3n) is 7.06. The summed E-state index contributed by atoms with van der Waals surface area (Å²) in [6.45, 7) is -0.548. The summed E-state index contributed by atoms with van der Waals surface area (Å²) >= 11 is 6.59. The molecule has 0 bridgehead atoms. The minimum atomic E-state index is -1.65. The number of benzene rings is 3. The number of carbonyl (C=O) groups excluding carboxylic acids is 1. The summed E-state index contributed by atoms with van der Waals surface area (Å²) in [4.78, 5) is 44.1. The standard InChI is InChI=1S/C28H20ClF3N6O4/c1-36-12-34-22(35-36)11-38-27(40)24-20(37(28(38)41)10-13-5-18(30)25(32)19(31)6-13)7-14(8-21(24)42-2)23-16-9-33-26(39)15(16)3-4-17(23)29/h3-8,12H,9-11H2,1-2H3,(H,33,39). The van der Waals surface area contributed by atoms with Crippen LogP contribution >= 0.6 is 11.6 Å². The van der Waals surface area contributed by atoms with Crippen LogP contribution in [0.2, 0.25) is 5.02 Å². The maximum Gasteiger partial charge on any atom is 0.332 e. The van der Waals surface area contributed by atoms with Crippen molar-refractivity contribution in [2.45, 2.75) is 19.6 Å². The highest BCUT2D eigenvalue weighted by Gasteiger charge is 2.26. The molecule has 3 aromatic carbocycles. The number of nitrogens with one attached hydrogen (secondary N) is 1. The molecule has 214 valence electrons.